The summed E-state index contributed by atoms with van der Waals surface area (Å²) in [6.45, 7) is 14.6. The van der Waals surface area contributed by atoms with Crippen LogP contribution in [0.15, 0.2) is 4.99 Å². The predicted octanol–water partition coefficient (Wildman–Crippen LogP) is 3.83. The Labute approximate surface area is 273 Å². The zero-order valence-electron chi connectivity index (χ0n) is 29.5. The van der Waals surface area contributed by atoms with E-state index in [0.29, 0.717) is 25.9 Å². The molecule has 2 bridgehead atoms. The van der Waals surface area contributed by atoms with Crippen LogP contribution in [0.25, 0.3) is 0 Å². The highest BCUT2D eigenvalue weighted by atomic mass is 19.1. The van der Waals surface area contributed by atoms with Gasteiger partial charge in [-0.2, -0.15) is 0 Å². The number of nitrogens with zero attached hydrogens (tertiary/aromatic N) is 3. The molecule has 0 aromatic heterocycles. The molecule has 0 spiro atoms. The Bertz CT molecular complexity index is 1200. The van der Waals surface area contributed by atoms with Crippen LogP contribution in [0.3, 0.4) is 0 Å². The van der Waals surface area contributed by atoms with E-state index in [1.807, 2.05) is 39.8 Å². The summed E-state index contributed by atoms with van der Waals surface area (Å²) in [5.74, 6) is -3.81. The highest BCUT2D eigenvalue weighted by Gasteiger charge is 2.61. The quantitative estimate of drug-likeness (QED) is 0.348. The maximum absolute atomic E-state index is 16.6. The lowest BCUT2D eigenvalue weighted by Crippen LogP contribution is -2.61. The Morgan fingerprint density at radius 1 is 1.09 bits per heavy atom. The number of carbonyl (C=O) groups excluding carboxylic acids is 3. The number of aliphatic hydroxyl groups is 1. The number of amides is 1. The highest BCUT2D eigenvalue weighted by molar-refractivity contribution is 6.08. The van der Waals surface area contributed by atoms with Crippen LogP contribution in [0, 0.1) is 23.7 Å². The number of Topliss-reactive ketones (excluding diaryl/α,β-unsaturated/α-hetero) is 1. The van der Waals surface area contributed by atoms with Crippen LogP contribution < -0.4 is 0 Å². The number of likely N-dealkylation sites (N-methyl/N-ethyl adjacent to an activating group) is 1. The number of esters is 1. The maximum Gasteiger partial charge on any atom is 0.410 e. The molecule has 3 aliphatic heterocycles. The van der Waals surface area contributed by atoms with Crippen LogP contribution in [0.2, 0.25) is 0 Å². The lowest BCUT2D eigenvalue weighted by atomic mass is 9.72. The standard InChI is InChI=1S/C34H56FN3O8/c1-12-24-34(8)27-20(4)25(36-13-14-38(27)31(42)46-34)19(3)17-32(6,43-11)29(21(5)28(40)33(7,35)30(41)45-24)44-23-16-18(2)15-22(26(23)39)37(9)10/h18-24,26-27,29,39H,12-17H2,1-11H3/t18-,19-,20+,21+,22+,23-,24-,26-,27-,29-,32+,33?,34-/m1/s1. The van der Waals surface area contributed by atoms with Crippen LogP contribution in [-0.4, -0.2) is 126 Å². The number of fused-ring (bicyclic) bond motifs is 1. The molecule has 4 rings (SSSR count). The van der Waals surface area contributed by atoms with Crippen LogP contribution >= 0.6 is 0 Å². The Kier molecular flexibility index (Phi) is 10.7. The summed E-state index contributed by atoms with van der Waals surface area (Å²) in [6, 6.07) is -0.722. The fourth-order valence-electron chi connectivity index (χ4n) is 8.78. The molecule has 1 aliphatic carbocycles. The highest BCUT2D eigenvalue weighted by Crippen LogP contribution is 2.44. The molecule has 4 aliphatic rings. The predicted molar refractivity (Wildman–Crippen MR) is 170 cm³/mol. The summed E-state index contributed by atoms with van der Waals surface area (Å²) < 4.78 is 41.3. The largest absolute Gasteiger partial charge is 0.455 e. The van der Waals surface area contributed by atoms with Crippen molar-refractivity contribution in [3.05, 3.63) is 0 Å². The molecule has 2 saturated heterocycles. The minimum atomic E-state index is -3.04. The molecule has 0 radical (unpaired) electrons. The van der Waals surface area contributed by atoms with Gasteiger partial charge in [0, 0.05) is 37.2 Å². The molecule has 3 heterocycles. The number of aliphatic imine (C=N–C) groups is 1. The Balaban J connectivity index is 1.84. The average Bonchev–Trinajstić information content (AvgIpc) is 3.11. The van der Waals surface area contributed by atoms with Crippen molar-refractivity contribution in [3.8, 4) is 0 Å². The van der Waals surface area contributed by atoms with Crippen molar-refractivity contribution in [2.45, 2.75) is 134 Å². The molecule has 0 aromatic carbocycles. The molecule has 1 N–H and O–H groups in total. The van der Waals surface area contributed by atoms with Gasteiger partial charge < -0.3 is 29.0 Å². The molecule has 3 fully saturated rings. The summed E-state index contributed by atoms with van der Waals surface area (Å²) in [5.41, 5.74) is -4.67. The zero-order valence-corrected chi connectivity index (χ0v) is 29.5. The molecule has 13 atom stereocenters. The van der Waals surface area contributed by atoms with Crippen molar-refractivity contribution in [3.63, 3.8) is 0 Å². The monoisotopic (exact) mass is 653 g/mol. The topological polar surface area (TPSA) is 127 Å². The first kappa shape index (κ1) is 36.7. The van der Waals surface area contributed by atoms with Gasteiger partial charge in [0.15, 0.2) is 11.4 Å². The minimum absolute atomic E-state index is 0.173. The molecule has 1 amide bonds. The summed E-state index contributed by atoms with van der Waals surface area (Å²) >= 11 is 0. The van der Waals surface area contributed by atoms with Crippen LogP contribution in [-0.2, 0) is 28.5 Å². The van der Waals surface area contributed by atoms with E-state index in [-0.39, 0.29) is 30.2 Å². The summed E-state index contributed by atoms with van der Waals surface area (Å²) in [4.78, 5) is 49.5. The molecular formula is C34H56FN3O8. The molecular weight excluding hydrogens is 597 g/mol. The van der Waals surface area contributed by atoms with Gasteiger partial charge in [0.25, 0.3) is 5.67 Å². The molecule has 1 saturated carbocycles. The fraction of sp³-hybridized carbons (Fsp3) is 0.882. The van der Waals surface area contributed by atoms with Crippen molar-refractivity contribution in [2.24, 2.45) is 28.7 Å². The van der Waals surface area contributed by atoms with Gasteiger partial charge in [-0.3, -0.25) is 14.7 Å². The van der Waals surface area contributed by atoms with Gasteiger partial charge in [-0.25, -0.2) is 14.0 Å². The van der Waals surface area contributed by atoms with Crippen molar-refractivity contribution in [1.82, 2.24) is 9.80 Å². The Hall–Kier alpha value is -2.15. The number of ketones is 1. The van der Waals surface area contributed by atoms with Gasteiger partial charge in [-0.1, -0.05) is 34.6 Å². The lowest BCUT2D eigenvalue weighted by molar-refractivity contribution is -0.207. The third kappa shape index (κ3) is 6.35. The van der Waals surface area contributed by atoms with E-state index in [2.05, 4.69) is 6.92 Å². The number of hydrogen-bond acceptors (Lipinski definition) is 10. The number of methoxy groups -OCH3 is 1. The molecule has 0 aromatic rings. The number of rotatable bonds is 5. The Morgan fingerprint density at radius 3 is 2.33 bits per heavy atom. The van der Waals surface area contributed by atoms with E-state index in [4.69, 9.17) is 23.9 Å². The first-order chi connectivity index (χ1) is 21.3. The number of aliphatic hydroxyl groups excluding tert-OH is 1. The zero-order chi connectivity index (χ0) is 34.5. The summed E-state index contributed by atoms with van der Waals surface area (Å²) in [7, 11) is 5.34. The SMILES string of the molecule is CC[C@H]1OC(=O)C(C)(F)C(=O)[C@H](C)[C@@H](O[C@@H]2C[C@H](C)C[C@H](N(C)C)[C@H]2O)[C@@](C)(OC)C[C@@H](C)C2=NCCN3C(=O)O[C@@]1(C)[C@H]3[C@H]2C. The number of carbonyl (C=O) groups is 3. The summed E-state index contributed by atoms with van der Waals surface area (Å²) in [6.07, 6.45) is -2.22. The molecule has 11 nitrogen and oxygen atoms in total. The van der Waals surface area contributed by atoms with E-state index in [1.54, 1.807) is 25.7 Å². The second-order valence-electron chi connectivity index (χ2n) is 15.1. The number of halogens is 1. The average molecular weight is 654 g/mol. The minimum Gasteiger partial charge on any atom is -0.455 e. The summed E-state index contributed by atoms with van der Waals surface area (Å²) in [5, 5.41) is 11.5. The van der Waals surface area contributed by atoms with Crippen LogP contribution in [0.5, 0.6) is 0 Å². The molecule has 46 heavy (non-hydrogen) atoms. The molecule has 1 unspecified atom stereocenters. The second kappa shape index (κ2) is 13.4. The van der Waals surface area contributed by atoms with Gasteiger partial charge in [0.2, 0.25) is 0 Å². The third-order valence-electron chi connectivity index (χ3n) is 11.3. The van der Waals surface area contributed by atoms with Crippen molar-refractivity contribution < 1.29 is 42.8 Å². The first-order valence-corrected chi connectivity index (χ1v) is 16.9. The van der Waals surface area contributed by atoms with E-state index in [0.717, 1.165) is 19.1 Å². The van der Waals surface area contributed by atoms with Crippen LogP contribution in [0.4, 0.5) is 9.18 Å². The Morgan fingerprint density at radius 2 is 1.74 bits per heavy atom. The van der Waals surface area contributed by atoms with Crippen molar-refractivity contribution >= 4 is 23.6 Å². The first-order valence-electron chi connectivity index (χ1n) is 16.9. The number of hydrogen-bond donors (Lipinski definition) is 1. The molecule has 262 valence electrons. The normalized spacial score (nSPS) is 45.9. The smallest absolute Gasteiger partial charge is 0.410 e. The third-order valence-corrected chi connectivity index (χ3v) is 11.3. The van der Waals surface area contributed by atoms with E-state index < -0.39 is 71.1 Å². The van der Waals surface area contributed by atoms with Crippen molar-refractivity contribution in [2.75, 3.05) is 34.3 Å². The van der Waals surface area contributed by atoms with E-state index in [9.17, 15) is 19.5 Å². The van der Waals surface area contributed by atoms with Gasteiger partial charge in [-0.15, -0.1) is 0 Å². The van der Waals surface area contributed by atoms with E-state index >= 15 is 4.39 Å². The van der Waals surface area contributed by atoms with Crippen LogP contribution in [0.1, 0.15) is 81.1 Å². The number of alkyl halides is 1. The van der Waals surface area contributed by atoms with Gasteiger partial charge >= 0.3 is 12.1 Å². The number of cyclic esters (lactones) is 1. The van der Waals surface area contributed by atoms with Gasteiger partial charge in [-0.05, 0) is 72.4 Å². The maximum atomic E-state index is 16.6. The lowest BCUT2D eigenvalue weighted by Gasteiger charge is -2.47. The second-order valence-corrected chi connectivity index (χ2v) is 15.1. The van der Waals surface area contributed by atoms with Crippen molar-refractivity contribution in [1.29, 1.82) is 0 Å². The van der Waals surface area contributed by atoms with E-state index in [1.165, 1.54) is 7.11 Å². The fourth-order valence-corrected chi connectivity index (χ4v) is 8.78. The van der Waals surface area contributed by atoms with Gasteiger partial charge in [0.1, 0.15) is 6.10 Å². The number of ether oxygens (including phenoxy) is 4. The molecule has 12 heteroatoms. The van der Waals surface area contributed by atoms with Gasteiger partial charge in [0.05, 0.1) is 36.5 Å².